The summed E-state index contributed by atoms with van der Waals surface area (Å²) < 4.78 is 0.883. The van der Waals surface area contributed by atoms with E-state index in [9.17, 15) is 4.79 Å². The van der Waals surface area contributed by atoms with E-state index < -0.39 is 0 Å². The van der Waals surface area contributed by atoms with Crippen LogP contribution < -0.4 is 10.9 Å². The minimum absolute atomic E-state index is 0.0275. The molecule has 0 aliphatic heterocycles. The Balaban J connectivity index is 2.29. The molecule has 0 amide bonds. The van der Waals surface area contributed by atoms with Crippen LogP contribution in [0.1, 0.15) is 26.5 Å². The Hall–Kier alpha value is -1.53. The number of aromatic nitrogens is 3. The van der Waals surface area contributed by atoms with Gasteiger partial charge in [-0.3, -0.25) is 9.78 Å². The SMILES string of the molecule is CC(C)(C)NCc1cc(=O)[nH]c(-c2ccc(Br)cn2)n1. The number of H-pyrrole nitrogens is 1. The molecule has 2 aromatic rings. The fourth-order valence-electron chi connectivity index (χ4n) is 1.59. The number of hydrogen-bond acceptors (Lipinski definition) is 4. The zero-order valence-electron chi connectivity index (χ0n) is 11.7. The summed E-state index contributed by atoms with van der Waals surface area (Å²) in [4.78, 5) is 23.1. The third-order valence-electron chi connectivity index (χ3n) is 2.56. The summed E-state index contributed by atoms with van der Waals surface area (Å²) in [6.07, 6.45) is 1.68. The summed E-state index contributed by atoms with van der Waals surface area (Å²) in [5.41, 5.74) is 1.14. The Morgan fingerprint density at radius 3 is 2.70 bits per heavy atom. The van der Waals surface area contributed by atoms with Crippen molar-refractivity contribution in [3.8, 4) is 11.5 Å². The van der Waals surface area contributed by atoms with E-state index in [4.69, 9.17) is 0 Å². The van der Waals surface area contributed by atoms with Crippen LogP contribution in [0.3, 0.4) is 0 Å². The van der Waals surface area contributed by atoms with Gasteiger partial charge in [0.15, 0.2) is 5.82 Å². The lowest BCUT2D eigenvalue weighted by Crippen LogP contribution is -2.35. The highest BCUT2D eigenvalue weighted by atomic mass is 79.9. The molecule has 2 N–H and O–H groups in total. The minimum atomic E-state index is -0.176. The molecule has 0 saturated carbocycles. The maximum absolute atomic E-state index is 11.7. The topological polar surface area (TPSA) is 70.7 Å². The third kappa shape index (κ3) is 4.25. The molecule has 5 nitrogen and oxygen atoms in total. The van der Waals surface area contributed by atoms with Crippen LogP contribution in [0, 0.1) is 0 Å². The van der Waals surface area contributed by atoms with Gasteiger partial charge in [-0.1, -0.05) is 0 Å². The molecule has 0 radical (unpaired) electrons. The predicted molar refractivity (Wildman–Crippen MR) is 82.4 cm³/mol. The number of halogens is 1. The zero-order valence-corrected chi connectivity index (χ0v) is 13.3. The number of pyridine rings is 1. The second-order valence-electron chi connectivity index (χ2n) is 5.55. The van der Waals surface area contributed by atoms with Crippen molar-refractivity contribution in [1.82, 2.24) is 20.3 Å². The van der Waals surface area contributed by atoms with Crippen LogP contribution in [-0.4, -0.2) is 20.5 Å². The third-order valence-corrected chi connectivity index (χ3v) is 3.03. The molecule has 106 valence electrons. The van der Waals surface area contributed by atoms with E-state index in [-0.39, 0.29) is 11.1 Å². The monoisotopic (exact) mass is 336 g/mol. The molecule has 0 bridgehead atoms. The van der Waals surface area contributed by atoms with Crippen LogP contribution in [-0.2, 0) is 6.54 Å². The Morgan fingerprint density at radius 1 is 1.35 bits per heavy atom. The van der Waals surface area contributed by atoms with Crippen LogP contribution >= 0.6 is 15.9 Å². The van der Waals surface area contributed by atoms with Crippen molar-refractivity contribution < 1.29 is 0 Å². The molecule has 0 aliphatic rings. The number of aromatic amines is 1. The molecule has 6 heteroatoms. The van der Waals surface area contributed by atoms with E-state index in [2.05, 4.69) is 57.0 Å². The highest BCUT2D eigenvalue weighted by Gasteiger charge is 2.10. The van der Waals surface area contributed by atoms with Crippen molar-refractivity contribution in [2.24, 2.45) is 0 Å². The van der Waals surface area contributed by atoms with Crippen LogP contribution in [0.4, 0.5) is 0 Å². The Kier molecular flexibility index (Phi) is 4.35. The molecule has 2 rings (SSSR count). The van der Waals surface area contributed by atoms with Gasteiger partial charge in [0.25, 0.3) is 5.56 Å². The Bertz CT molecular complexity index is 643. The summed E-state index contributed by atoms with van der Waals surface area (Å²) in [6, 6.07) is 5.17. The largest absolute Gasteiger partial charge is 0.306 e. The molecule has 0 unspecified atom stereocenters. The first-order chi connectivity index (χ1) is 9.33. The zero-order chi connectivity index (χ0) is 14.8. The number of nitrogens with one attached hydrogen (secondary N) is 2. The van der Waals surface area contributed by atoms with E-state index in [0.29, 0.717) is 23.8 Å². The van der Waals surface area contributed by atoms with E-state index in [1.54, 1.807) is 6.20 Å². The molecule has 0 aliphatic carbocycles. The highest BCUT2D eigenvalue weighted by Crippen LogP contribution is 2.14. The van der Waals surface area contributed by atoms with Gasteiger partial charge >= 0.3 is 0 Å². The highest BCUT2D eigenvalue weighted by molar-refractivity contribution is 9.10. The second kappa shape index (κ2) is 5.85. The summed E-state index contributed by atoms with van der Waals surface area (Å²) in [6.45, 7) is 6.74. The minimum Gasteiger partial charge on any atom is -0.306 e. The molecule has 0 saturated heterocycles. The van der Waals surface area contributed by atoms with Gasteiger partial charge in [0, 0.05) is 28.8 Å². The lowest BCUT2D eigenvalue weighted by molar-refractivity contribution is 0.421. The van der Waals surface area contributed by atoms with Gasteiger partial charge in [0.1, 0.15) is 5.69 Å². The standard InChI is InChI=1S/C14H17BrN4O/c1-14(2,3)17-8-10-6-12(20)19-13(18-10)11-5-4-9(15)7-16-11/h4-7,17H,8H2,1-3H3,(H,18,19,20). The molecule has 0 spiro atoms. The van der Waals surface area contributed by atoms with Crippen molar-refractivity contribution >= 4 is 15.9 Å². The second-order valence-corrected chi connectivity index (χ2v) is 6.47. The average Bonchev–Trinajstić information content (AvgIpc) is 2.36. The van der Waals surface area contributed by atoms with Crippen molar-refractivity contribution in [3.05, 3.63) is 44.9 Å². The fraction of sp³-hybridized carbons (Fsp3) is 0.357. The van der Waals surface area contributed by atoms with Crippen LogP contribution in [0.15, 0.2) is 33.7 Å². The number of nitrogens with zero attached hydrogens (tertiary/aromatic N) is 2. The summed E-state index contributed by atoms with van der Waals surface area (Å²) in [7, 11) is 0. The first-order valence-corrected chi connectivity index (χ1v) is 7.10. The normalized spacial score (nSPS) is 11.6. The molecular formula is C14H17BrN4O. The lowest BCUT2D eigenvalue weighted by Gasteiger charge is -2.20. The van der Waals surface area contributed by atoms with Crippen molar-refractivity contribution in [2.45, 2.75) is 32.9 Å². The van der Waals surface area contributed by atoms with E-state index in [1.807, 2.05) is 12.1 Å². The van der Waals surface area contributed by atoms with Gasteiger partial charge in [-0.15, -0.1) is 0 Å². The van der Waals surface area contributed by atoms with Crippen LogP contribution in [0.25, 0.3) is 11.5 Å². The summed E-state index contributed by atoms with van der Waals surface area (Å²) in [5.74, 6) is 0.482. The lowest BCUT2D eigenvalue weighted by atomic mass is 10.1. The molecule has 2 heterocycles. The van der Waals surface area contributed by atoms with E-state index in [0.717, 1.165) is 4.47 Å². The van der Waals surface area contributed by atoms with Gasteiger partial charge in [-0.25, -0.2) is 4.98 Å². The van der Waals surface area contributed by atoms with Crippen molar-refractivity contribution in [3.63, 3.8) is 0 Å². The van der Waals surface area contributed by atoms with Crippen molar-refractivity contribution in [1.29, 1.82) is 0 Å². The van der Waals surface area contributed by atoms with Gasteiger partial charge in [0.2, 0.25) is 0 Å². The number of hydrogen-bond donors (Lipinski definition) is 2. The molecule has 0 aromatic carbocycles. The molecular weight excluding hydrogens is 320 g/mol. The fourth-order valence-corrected chi connectivity index (χ4v) is 1.83. The van der Waals surface area contributed by atoms with Gasteiger partial charge in [-0.05, 0) is 48.8 Å². The molecule has 2 aromatic heterocycles. The summed E-state index contributed by atoms with van der Waals surface area (Å²) in [5, 5.41) is 3.31. The quantitative estimate of drug-likeness (QED) is 0.903. The maximum atomic E-state index is 11.7. The maximum Gasteiger partial charge on any atom is 0.251 e. The smallest absolute Gasteiger partial charge is 0.251 e. The molecule has 20 heavy (non-hydrogen) atoms. The first-order valence-electron chi connectivity index (χ1n) is 6.31. The summed E-state index contributed by atoms with van der Waals surface area (Å²) >= 11 is 3.33. The van der Waals surface area contributed by atoms with E-state index in [1.165, 1.54) is 6.07 Å². The predicted octanol–water partition coefficient (Wildman–Crippen LogP) is 2.48. The Morgan fingerprint density at radius 2 is 2.10 bits per heavy atom. The van der Waals surface area contributed by atoms with E-state index >= 15 is 0 Å². The average molecular weight is 337 g/mol. The Labute approximate surface area is 126 Å². The number of rotatable bonds is 3. The van der Waals surface area contributed by atoms with Gasteiger partial charge < -0.3 is 10.3 Å². The first kappa shape index (κ1) is 14.9. The van der Waals surface area contributed by atoms with Gasteiger partial charge in [0.05, 0.1) is 5.69 Å². The molecule has 0 atom stereocenters. The van der Waals surface area contributed by atoms with Crippen molar-refractivity contribution in [2.75, 3.05) is 0 Å². The molecule has 0 fully saturated rings. The van der Waals surface area contributed by atoms with Gasteiger partial charge in [-0.2, -0.15) is 0 Å². The van der Waals surface area contributed by atoms with Crippen LogP contribution in [0.2, 0.25) is 0 Å². The van der Waals surface area contributed by atoms with Crippen LogP contribution in [0.5, 0.6) is 0 Å².